The van der Waals surface area contributed by atoms with E-state index in [4.69, 9.17) is 0 Å². The van der Waals surface area contributed by atoms with E-state index in [1.807, 2.05) is 7.05 Å². The summed E-state index contributed by atoms with van der Waals surface area (Å²) in [5.74, 6) is 0.870. The maximum absolute atomic E-state index is 3.41. The third kappa shape index (κ3) is 1.95. The topological polar surface area (TPSA) is 24.1 Å². The molecular formula is C7H16N2. The molecule has 0 bridgehead atoms. The Morgan fingerprint density at radius 1 is 1.44 bits per heavy atom. The zero-order chi connectivity index (χ0) is 6.69. The van der Waals surface area contributed by atoms with E-state index < -0.39 is 0 Å². The maximum atomic E-state index is 3.41. The lowest BCUT2D eigenvalue weighted by atomic mass is 10.0. The maximum Gasteiger partial charge on any atom is 0.0569 e. The lowest BCUT2D eigenvalue weighted by molar-refractivity contribution is 0.301. The van der Waals surface area contributed by atoms with E-state index in [2.05, 4.69) is 17.6 Å². The fraction of sp³-hybridized carbons (Fsp3) is 1.00. The van der Waals surface area contributed by atoms with Crippen LogP contribution in [-0.2, 0) is 0 Å². The van der Waals surface area contributed by atoms with Crippen LogP contribution >= 0.6 is 0 Å². The quantitative estimate of drug-likeness (QED) is 0.539. The fourth-order valence-corrected chi connectivity index (χ4v) is 1.25. The van der Waals surface area contributed by atoms with Crippen LogP contribution in [0.5, 0.6) is 0 Å². The summed E-state index contributed by atoms with van der Waals surface area (Å²) in [5.41, 5.74) is 0. The van der Waals surface area contributed by atoms with Gasteiger partial charge in [-0.2, -0.15) is 0 Å². The molecule has 0 spiro atoms. The van der Waals surface area contributed by atoms with Crippen LogP contribution in [0.15, 0.2) is 0 Å². The molecule has 0 radical (unpaired) electrons. The van der Waals surface area contributed by atoms with Crippen molar-refractivity contribution in [3.63, 3.8) is 0 Å². The van der Waals surface area contributed by atoms with Crippen molar-refractivity contribution >= 4 is 0 Å². The monoisotopic (exact) mass is 128 g/mol. The molecule has 1 aliphatic heterocycles. The molecule has 0 saturated carbocycles. The summed E-state index contributed by atoms with van der Waals surface area (Å²) in [6, 6.07) is 0. The minimum absolute atomic E-state index is 0.571. The standard InChI is InChI=1S/C7H16N2/c1-6-3-4-7(8-2)9-5-6/h6-9H,3-5H2,1-2H3/t6-,7?/m1/s1. The molecule has 2 N–H and O–H groups in total. The van der Waals surface area contributed by atoms with Crippen LogP contribution in [0.1, 0.15) is 19.8 Å². The Hall–Kier alpha value is -0.0800. The average Bonchev–Trinajstić information content (AvgIpc) is 1.90. The average molecular weight is 128 g/mol. The molecule has 0 aromatic rings. The number of nitrogens with one attached hydrogen (secondary N) is 2. The third-order valence-electron chi connectivity index (χ3n) is 2.01. The molecule has 1 saturated heterocycles. The van der Waals surface area contributed by atoms with Crippen molar-refractivity contribution in [2.45, 2.75) is 25.9 Å². The van der Waals surface area contributed by atoms with E-state index in [1.165, 1.54) is 19.4 Å². The lowest BCUT2D eigenvalue weighted by Gasteiger charge is -2.27. The summed E-state index contributed by atoms with van der Waals surface area (Å²) in [6.07, 6.45) is 3.21. The molecule has 0 aromatic carbocycles. The summed E-state index contributed by atoms with van der Waals surface area (Å²) >= 11 is 0. The molecule has 0 aliphatic carbocycles. The second-order valence-corrected chi connectivity index (χ2v) is 2.93. The van der Waals surface area contributed by atoms with Crippen molar-refractivity contribution in [1.29, 1.82) is 0 Å². The summed E-state index contributed by atoms with van der Waals surface area (Å²) in [7, 11) is 2.01. The summed E-state index contributed by atoms with van der Waals surface area (Å²) in [6.45, 7) is 3.46. The van der Waals surface area contributed by atoms with Crippen molar-refractivity contribution < 1.29 is 0 Å². The van der Waals surface area contributed by atoms with E-state index in [1.54, 1.807) is 0 Å². The molecule has 9 heavy (non-hydrogen) atoms. The largest absolute Gasteiger partial charge is 0.305 e. The van der Waals surface area contributed by atoms with Gasteiger partial charge in [0.25, 0.3) is 0 Å². The van der Waals surface area contributed by atoms with Crippen LogP contribution in [0, 0.1) is 5.92 Å². The zero-order valence-corrected chi connectivity index (χ0v) is 6.28. The number of hydrogen-bond acceptors (Lipinski definition) is 2. The minimum atomic E-state index is 0.571. The fourth-order valence-electron chi connectivity index (χ4n) is 1.25. The normalized spacial score (nSPS) is 36.7. The highest BCUT2D eigenvalue weighted by molar-refractivity contribution is 4.72. The van der Waals surface area contributed by atoms with Gasteiger partial charge in [0.05, 0.1) is 6.17 Å². The Morgan fingerprint density at radius 3 is 2.67 bits per heavy atom. The van der Waals surface area contributed by atoms with Gasteiger partial charge in [-0.1, -0.05) is 6.92 Å². The molecule has 0 amide bonds. The third-order valence-corrected chi connectivity index (χ3v) is 2.01. The highest BCUT2D eigenvalue weighted by atomic mass is 15.1. The molecule has 54 valence electrons. The molecule has 1 aliphatic rings. The van der Waals surface area contributed by atoms with Gasteiger partial charge in [-0.25, -0.2) is 0 Å². The smallest absolute Gasteiger partial charge is 0.0569 e. The Bertz CT molecular complexity index is 75.0. The Balaban J connectivity index is 2.18. The predicted molar refractivity (Wildman–Crippen MR) is 39.2 cm³/mol. The van der Waals surface area contributed by atoms with Crippen molar-refractivity contribution in [1.82, 2.24) is 10.6 Å². The predicted octanol–water partition coefficient (Wildman–Crippen LogP) is 0.551. The van der Waals surface area contributed by atoms with Gasteiger partial charge in [0.2, 0.25) is 0 Å². The van der Waals surface area contributed by atoms with Crippen molar-refractivity contribution in [2.75, 3.05) is 13.6 Å². The first-order chi connectivity index (χ1) is 4.33. The first-order valence-corrected chi connectivity index (χ1v) is 3.73. The molecule has 2 nitrogen and oxygen atoms in total. The number of rotatable bonds is 1. The van der Waals surface area contributed by atoms with Crippen molar-refractivity contribution in [2.24, 2.45) is 5.92 Å². The first-order valence-electron chi connectivity index (χ1n) is 3.73. The Labute approximate surface area is 57.0 Å². The van der Waals surface area contributed by atoms with E-state index in [0.29, 0.717) is 6.17 Å². The molecule has 1 unspecified atom stereocenters. The first kappa shape index (κ1) is 7.03. The van der Waals surface area contributed by atoms with Gasteiger partial charge in [0, 0.05) is 0 Å². The van der Waals surface area contributed by atoms with Crippen LogP contribution < -0.4 is 10.6 Å². The van der Waals surface area contributed by atoms with Crippen LogP contribution in [0.25, 0.3) is 0 Å². The van der Waals surface area contributed by atoms with Gasteiger partial charge >= 0.3 is 0 Å². The SMILES string of the molecule is CNC1CC[C@@H](C)CN1. The highest BCUT2D eigenvalue weighted by Gasteiger charge is 2.14. The molecule has 2 heteroatoms. The Morgan fingerprint density at radius 2 is 2.22 bits per heavy atom. The van der Waals surface area contributed by atoms with E-state index in [-0.39, 0.29) is 0 Å². The summed E-state index contributed by atoms with van der Waals surface area (Å²) in [4.78, 5) is 0. The van der Waals surface area contributed by atoms with Crippen LogP contribution in [-0.4, -0.2) is 19.8 Å². The highest BCUT2D eigenvalue weighted by Crippen LogP contribution is 2.10. The van der Waals surface area contributed by atoms with Gasteiger partial charge in [0.15, 0.2) is 0 Å². The van der Waals surface area contributed by atoms with Crippen LogP contribution in [0.4, 0.5) is 0 Å². The molecule has 1 rings (SSSR count). The van der Waals surface area contributed by atoms with E-state index in [0.717, 1.165) is 5.92 Å². The Kier molecular flexibility index (Phi) is 2.49. The summed E-state index contributed by atoms with van der Waals surface area (Å²) < 4.78 is 0. The molecule has 0 aromatic heterocycles. The zero-order valence-electron chi connectivity index (χ0n) is 6.28. The molecule has 2 atom stereocenters. The van der Waals surface area contributed by atoms with Gasteiger partial charge < -0.3 is 10.6 Å². The van der Waals surface area contributed by atoms with Crippen LogP contribution in [0.2, 0.25) is 0 Å². The minimum Gasteiger partial charge on any atom is -0.305 e. The lowest BCUT2D eigenvalue weighted by Crippen LogP contribution is -2.45. The van der Waals surface area contributed by atoms with Gasteiger partial charge in [0.1, 0.15) is 0 Å². The van der Waals surface area contributed by atoms with E-state index in [9.17, 15) is 0 Å². The van der Waals surface area contributed by atoms with Crippen LogP contribution in [0.3, 0.4) is 0 Å². The molecule has 1 fully saturated rings. The van der Waals surface area contributed by atoms with Crippen molar-refractivity contribution in [3.05, 3.63) is 0 Å². The van der Waals surface area contributed by atoms with E-state index >= 15 is 0 Å². The number of hydrogen-bond donors (Lipinski definition) is 2. The van der Waals surface area contributed by atoms with Crippen molar-refractivity contribution in [3.8, 4) is 0 Å². The van der Waals surface area contributed by atoms with Gasteiger partial charge in [-0.15, -0.1) is 0 Å². The van der Waals surface area contributed by atoms with Gasteiger partial charge in [-0.3, -0.25) is 0 Å². The molecule has 1 heterocycles. The van der Waals surface area contributed by atoms with Gasteiger partial charge in [-0.05, 0) is 32.4 Å². The second kappa shape index (κ2) is 3.18. The number of piperidine rings is 1. The molecular weight excluding hydrogens is 112 g/mol. The summed E-state index contributed by atoms with van der Waals surface area (Å²) in [5, 5.41) is 6.62. The second-order valence-electron chi connectivity index (χ2n) is 2.93.